The molecule has 0 saturated carbocycles. The second-order valence-corrected chi connectivity index (χ2v) is 6.94. The molecule has 0 radical (unpaired) electrons. The number of nitrogens with two attached hydrogens (primary N) is 1. The van der Waals surface area contributed by atoms with Gasteiger partial charge in [0.2, 0.25) is 5.91 Å². The van der Waals surface area contributed by atoms with Gasteiger partial charge in [0.25, 0.3) is 5.91 Å². The van der Waals surface area contributed by atoms with E-state index in [0.29, 0.717) is 24.1 Å². The quantitative estimate of drug-likeness (QED) is 0.737. The normalized spacial score (nSPS) is 17.0. The van der Waals surface area contributed by atoms with Crippen molar-refractivity contribution in [2.75, 3.05) is 13.1 Å². The molecule has 8 nitrogen and oxygen atoms in total. The summed E-state index contributed by atoms with van der Waals surface area (Å²) in [5.74, 6) is -0.0122. The van der Waals surface area contributed by atoms with Crippen molar-refractivity contribution in [3.8, 4) is 0 Å². The van der Waals surface area contributed by atoms with Gasteiger partial charge in [-0.2, -0.15) is 0 Å². The van der Waals surface area contributed by atoms with Crippen LogP contribution < -0.4 is 11.2 Å². The number of primary amides is 1. The van der Waals surface area contributed by atoms with Gasteiger partial charge in [0.05, 0.1) is 5.39 Å². The monoisotopic (exact) mass is 380 g/mol. The lowest BCUT2D eigenvalue weighted by atomic mass is 9.96. The van der Waals surface area contributed by atoms with Crippen LogP contribution in [0.4, 0.5) is 0 Å². The van der Waals surface area contributed by atoms with Gasteiger partial charge in [-0.3, -0.25) is 14.4 Å². The highest BCUT2D eigenvalue weighted by Crippen LogP contribution is 2.27. The summed E-state index contributed by atoms with van der Waals surface area (Å²) in [6.07, 6.45) is 4.98. The van der Waals surface area contributed by atoms with Crippen LogP contribution in [0.15, 0.2) is 51.9 Å². The molecule has 28 heavy (non-hydrogen) atoms. The number of carbonyl (C=O) groups is 2. The highest BCUT2D eigenvalue weighted by atomic mass is 16.3. The van der Waals surface area contributed by atoms with Crippen LogP contribution in [0.2, 0.25) is 0 Å². The van der Waals surface area contributed by atoms with Crippen molar-refractivity contribution < 1.29 is 14.0 Å². The van der Waals surface area contributed by atoms with Gasteiger partial charge >= 0.3 is 0 Å². The highest BCUT2D eigenvalue weighted by molar-refractivity contribution is 5.93. The van der Waals surface area contributed by atoms with Crippen LogP contribution >= 0.6 is 0 Å². The fourth-order valence-corrected chi connectivity index (χ4v) is 3.72. The summed E-state index contributed by atoms with van der Waals surface area (Å²) < 4.78 is 7.41. The number of piperidine rings is 1. The van der Waals surface area contributed by atoms with Crippen molar-refractivity contribution in [1.82, 2.24) is 14.5 Å². The number of rotatable bonds is 4. The minimum Gasteiger partial charge on any atom is -0.451 e. The average Bonchev–Trinajstić information content (AvgIpc) is 3.15. The molecule has 1 atom stereocenters. The molecule has 1 aliphatic heterocycles. The lowest BCUT2D eigenvalue weighted by Gasteiger charge is -2.32. The number of para-hydroxylation sites is 1. The number of amides is 2. The van der Waals surface area contributed by atoms with Gasteiger partial charge in [0.15, 0.2) is 11.2 Å². The zero-order chi connectivity index (χ0) is 19.7. The molecule has 3 heterocycles. The Labute approximate surface area is 160 Å². The Kier molecular flexibility index (Phi) is 4.68. The minimum atomic E-state index is -0.444. The number of imidazole rings is 1. The first kappa shape index (κ1) is 18.0. The van der Waals surface area contributed by atoms with Crippen LogP contribution in [0.25, 0.3) is 11.0 Å². The van der Waals surface area contributed by atoms with Gasteiger partial charge in [-0.15, -0.1) is 0 Å². The van der Waals surface area contributed by atoms with E-state index in [4.69, 9.17) is 10.2 Å². The molecule has 1 saturated heterocycles. The SMILES string of the molecule is NC(=O)Cn1ccnc1C1CCCN(C(=O)c2cc(=O)c3ccccc3o2)C1. The van der Waals surface area contributed by atoms with Crippen molar-refractivity contribution in [2.24, 2.45) is 5.73 Å². The number of likely N-dealkylation sites (tertiary alicyclic amines) is 1. The molecule has 1 aliphatic rings. The fourth-order valence-electron chi connectivity index (χ4n) is 3.72. The van der Waals surface area contributed by atoms with Crippen LogP contribution in [-0.4, -0.2) is 39.4 Å². The largest absolute Gasteiger partial charge is 0.451 e. The summed E-state index contributed by atoms with van der Waals surface area (Å²) >= 11 is 0. The Morgan fingerprint density at radius 2 is 2.11 bits per heavy atom. The van der Waals surface area contributed by atoms with E-state index in [1.165, 1.54) is 6.07 Å². The smallest absolute Gasteiger partial charge is 0.289 e. The summed E-state index contributed by atoms with van der Waals surface area (Å²) in [6, 6.07) is 8.11. The van der Waals surface area contributed by atoms with Gasteiger partial charge in [-0.05, 0) is 25.0 Å². The van der Waals surface area contributed by atoms with E-state index in [9.17, 15) is 14.4 Å². The molecule has 2 aromatic heterocycles. The van der Waals surface area contributed by atoms with Crippen LogP contribution in [0.3, 0.4) is 0 Å². The van der Waals surface area contributed by atoms with Crippen LogP contribution in [-0.2, 0) is 11.3 Å². The van der Waals surface area contributed by atoms with Gasteiger partial charge in [-0.25, -0.2) is 4.98 Å². The predicted molar refractivity (Wildman–Crippen MR) is 102 cm³/mol. The first-order chi connectivity index (χ1) is 13.5. The molecular weight excluding hydrogens is 360 g/mol. The molecule has 1 unspecified atom stereocenters. The van der Waals surface area contributed by atoms with Gasteiger partial charge in [0, 0.05) is 37.5 Å². The van der Waals surface area contributed by atoms with Crippen LogP contribution in [0, 0.1) is 0 Å². The number of benzene rings is 1. The molecule has 144 valence electrons. The van der Waals surface area contributed by atoms with E-state index in [0.717, 1.165) is 18.7 Å². The van der Waals surface area contributed by atoms with Crippen molar-refractivity contribution in [1.29, 1.82) is 0 Å². The third-order valence-electron chi connectivity index (χ3n) is 4.99. The first-order valence-corrected chi connectivity index (χ1v) is 9.14. The van der Waals surface area contributed by atoms with Crippen molar-refractivity contribution in [3.05, 3.63) is 64.5 Å². The number of carbonyl (C=O) groups excluding carboxylic acids is 2. The molecule has 1 aromatic carbocycles. The van der Waals surface area contributed by atoms with Gasteiger partial charge in [-0.1, -0.05) is 12.1 Å². The molecule has 4 rings (SSSR count). The van der Waals surface area contributed by atoms with Crippen molar-refractivity contribution >= 4 is 22.8 Å². The number of aromatic nitrogens is 2. The molecule has 0 bridgehead atoms. The fraction of sp³-hybridized carbons (Fsp3) is 0.300. The molecule has 0 spiro atoms. The topological polar surface area (TPSA) is 111 Å². The van der Waals surface area contributed by atoms with Crippen LogP contribution in [0.5, 0.6) is 0 Å². The van der Waals surface area contributed by atoms with E-state index in [1.54, 1.807) is 46.1 Å². The molecule has 2 amide bonds. The minimum absolute atomic E-state index is 0.0146. The third-order valence-corrected chi connectivity index (χ3v) is 4.99. The molecule has 8 heteroatoms. The number of fused-ring (bicyclic) bond motifs is 1. The first-order valence-electron chi connectivity index (χ1n) is 9.14. The molecule has 1 fully saturated rings. The van der Waals surface area contributed by atoms with E-state index in [-0.39, 0.29) is 29.6 Å². The summed E-state index contributed by atoms with van der Waals surface area (Å²) in [5.41, 5.74) is 5.45. The van der Waals surface area contributed by atoms with Gasteiger partial charge in [0.1, 0.15) is 18.0 Å². The Hall–Kier alpha value is -3.42. The zero-order valence-corrected chi connectivity index (χ0v) is 15.2. The molecule has 0 aliphatic carbocycles. The van der Waals surface area contributed by atoms with E-state index in [2.05, 4.69) is 4.98 Å². The number of nitrogens with zero attached hydrogens (tertiary/aromatic N) is 3. The number of hydrogen-bond acceptors (Lipinski definition) is 5. The standard InChI is InChI=1S/C20H20N4O4/c21-18(26)12-23-9-7-22-19(23)13-4-3-8-24(11-13)20(27)17-10-15(25)14-5-1-2-6-16(14)28-17/h1-2,5-7,9-10,13H,3-4,8,11-12H2,(H2,21,26). The lowest BCUT2D eigenvalue weighted by Crippen LogP contribution is -2.40. The Morgan fingerprint density at radius 3 is 2.93 bits per heavy atom. The maximum atomic E-state index is 13.0. The van der Waals surface area contributed by atoms with E-state index >= 15 is 0 Å². The Balaban J connectivity index is 1.58. The van der Waals surface area contributed by atoms with E-state index < -0.39 is 5.91 Å². The Morgan fingerprint density at radius 1 is 1.29 bits per heavy atom. The average molecular weight is 380 g/mol. The van der Waals surface area contributed by atoms with Gasteiger partial charge < -0.3 is 19.6 Å². The lowest BCUT2D eigenvalue weighted by molar-refractivity contribution is -0.118. The second kappa shape index (κ2) is 7.30. The van der Waals surface area contributed by atoms with Crippen LogP contribution in [0.1, 0.15) is 35.1 Å². The predicted octanol–water partition coefficient (Wildman–Crippen LogP) is 1.49. The van der Waals surface area contributed by atoms with E-state index in [1.807, 2.05) is 0 Å². The summed E-state index contributed by atoms with van der Waals surface area (Å²) in [6.45, 7) is 1.06. The second-order valence-electron chi connectivity index (χ2n) is 6.94. The third kappa shape index (κ3) is 3.40. The molecular formula is C20H20N4O4. The molecule has 3 aromatic rings. The maximum absolute atomic E-state index is 13.0. The highest BCUT2D eigenvalue weighted by Gasteiger charge is 2.29. The number of hydrogen-bond donors (Lipinski definition) is 1. The zero-order valence-electron chi connectivity index (χ0n) is 15.2. The van der Waals surface area contributed by atoms with Crippen molar-refractivity contribution in [3.63, 3.8) is 0 Å². The summed E-state index contributed by atoms with van der Waals surface area (Å²) in [5, 5.41) is 0.448. The Bertz CT molecular complexity index is 1100. The summed E-state index contributed by atoms with van der Waals surface area (Å²) in [7, 11) is 0. The maximum Gasteiger partial charge on any atom is 0.289 e. The van der Waals surface area contributed by atoms with Crippen molar-refractivity contribution in [2.45, 2.75) is 25.3 Å². The summed E-state index contributed by atoms with van der Waals surface area (Å²) in [4.78, 5) is 42.6. The molecule has 2 N–H and O–H groups in total.